The van der Waals surface area contributed by atoms with E-state index >= 15 is 0 Å². The smallest absolute Gasteiger partial charge is 0.378 e. The Hall–Kier alpha value is -3.77. The standard InChI is InChI=1S/C23H20ClF3N6O3/c24-15-1-4-19(18(7-15)23(25,26)27)32-17-3-2-16(30-11-17)10-31-21(35)22(5-6-36-12-22)33-20(34)14-8-28-13-29-9-14/h1-4,7-9,11,13,32H,5-6,10,12H2,(H,31,35)(H,33,34)/t22-/m0/s1. The molecule has 1 aromatic carbocycles. The molecule has 2 aromatic heterocycles. The normalized spacial score (nSPS) is 17.4. The molecule has 3 aromatic rings. The molecule has 1 saturated heterocycles. The molecule has 0 aliphatic carbocycles. The van der Waals surface area contributed by atoms with Crippen LogP contribution in [0.3, 0.4) is 0 Å². The Morgan fingerprint density at radius 2 is 1.89 bits per heavy atom. The molecule has 36 heavy (non-hydrogen) atoms. The van der Waals surface area contributed by atoms with Gasteiger partial charge in [-0.2, -0.15) is 13.2 Å². The highest BCUT2D eigenvalue weighted by molar-refractivity contribution is 6.30. The average molecular weight is 521 g/mol. The van der Waals surface area contributed by atoms with E-state index in [1.54, 1.807) is 6.07 Å². The highest BCUT2D eigenvalue weighted by Crippen LogP contribution is 2.37. The Kier molecular flexibility index (Phi) is 7.36. The van der Waals surface area contributed by atoms with Crippen LogP contribution in [0.5, 0.6) is 0 Å². The van der Waals surface area contributed by atoms with Crippen molar-refractivity contribution in [1.29, 1.82) is 0 Å². The van der Waals surface area contributed by atoms with E-state index in [0.29, 0.717) is 18.0 Å². The van der Waals surface area contributed by atoms with Crippen LogP contribution < -0.4 is 16.0 Å². The Morgan fingerprint density at radius 3 is 2.53 bits per heavy atom. The minimum Gasteiger partial charge on any atom is -0.378 e. The number of nitrogens with one attached hydrogen (secondary N) is 3. The predicted molar refractivity (Wildman–Crippen MR) is 123 cm³/mol. The van der Waals surface area contributed by atoms with Crippen LogP contribution in [0.1, 0.15) is 28.0 Å². The quantitative estimate of drug-likeness (QED) is 0.436. The van der Waals surface area contributed by atoms with Crippen LogP contribution in [0.15, 0.2) is 55.2 Å². The van der Waals surface area contributed by atoms with E-state index in [1.165, 1.54) is 43.1 Å². The maximum atomic E-state index is 13.3. The van der Waals surface area contributed by atoms with E-state index in [-0.39, 0.29) is 35.8 Å². The van der Waals surface area contributed by atoms with E-state index in [4.69, 9.17) is 16.3 Å². The fourth-order valence-corrected chi connectivity index (χ4v) is 3.74. The lowest BCUT2D eigenvalue weighted by Crippen LogP contribution is -2.59. The molecule has 2 amide bonds. The van der Waals surface area contributed by atoms with Gasteiger partial charge < -0.3 is 20.7 Å². The minimum atomic E-state index is -4.59. The van der Waals surface area contributed by atoms with Crippen LogP contribution in [0.25, 0.3) is 0 Å². The maximum Gasteiger partial charge on any atom is 0.418 e. The zero-order valence-electron chi connectivity index (χ0n) is 18.6. The number of nitrogens with zero attached hydrogens (tertiary/aromatic N) is 3. The molecule has 13 heteroatoms. The summed E-state index contributed by atoms with van der Waals surface area (Å²) in [6, 6.07) is 6.52. The van der Waals surface area contributed by atoms with Crippen molar-refractivity contribution in [3.63, 3.8) is 0 Å². The highest BCUT2D eigenvalue weighted by Gasteiger charge is 2.43. The van der Waals surface area contributed by atoms with Crippen molar-refractivity contribution >= 4 is 34.8 Å². The Bertz CT molecular complexity index is 1240. The summed E-state index contributed by atoms with van der Waals surface area (Å²) in [5.74, 6) is -0.963. The highest BCUT2D eigenvalue weighted by atomic mass is 35.5. The van der Waals surface area contributed by atoms with Gasteiger partial charge in [0.05, 0.1) is 47.5 Å². The molecule has 4 rings (SSSR count). The number of pyridine rings is 1. The second-order valence-corrected chi connectivity index (χ2v) is 8.44. The third-order valence-corrected chi connectivity index (χ3v) is 5.69. The van der Waals surface area contributed by atoms with Gasteiger partial charge in [0.25, 0.3) is 5.91 Å². The first-order valence-corrected chi connectivity index (χ1v) is 11.1. The fraction of sp³-hybridized carbons (Fsp3) is 0.261. The number of alkyl halides is 3. The van der Waals surface area contributed by atoms with Gasteiger partial charge in [-0.25, -0.2) is 9.97 Å². The lowest BCUT2D eigenvalue weighted by molar-refractivity contribution is -0.137. The molecular formula is C23H20ClF3N6O3. The molecule has 0 radical (unpaired) electrons. The van der Waals surface area contributed by atoms with Crippen molar-refractivity contribution in [1.82, 2.24) is 25.6 Å². The molecule has 0 spiro atoms. The average Bonchev–Trinajstić information content (AvgIpc) is 3.34. The van der Waals surface area contributed by atoms with Crippen molar-refractivity contribution in [2.75, 3.05) is 18.5 Å². The van der Waals surface area contributed by atoms with Gasteiger partial charge >= 0.3 is 6.18 Å². The van der Waals surface area contributed by atoms with Gasteiger partial charge in [0, 0.05) is 30.4 Å². The van der Waals surface area contributed by atoms with Crippen LogP contribution in [0.4, 0.5) is 24.5 Å². The van der Waals surface area contributed by atoms with E-state index < -0.39 is 29.1 Å². The summed E-state index contributed by atoms with van der Waals surface area (Å²) in [6.45, 7) is 0.319. The molecule has 1 fully saturated rings. The summed E-state index contributed by atoms with van der Waals surface area (Å²) in [4.78, 5) is 37.3. The number of halogens is 4. The second kappa shape index (κ2) is 10.5. The van der Waals surface area contributed by atoms with Crippen LogP contribution in [0, 0.1) is 0 Å². The van der Waals surface area contributed by atoms with Gasteiger partial charge in [-0.15, -0.1) is 0 Å². The fourth-order valence-electron chi connectivity index (χ4n) is 3.56. The zero-order chi connectivity index (χ0) is 25.8. The van der Waals surface area contributed by atoms with Crippen molar-refractivity contribution in [2.24, 2.45) is 0 Å². The minimum absolute atomic E-state index is 0.00280. The summed E-state index contributed by atoms with van der Waals surface area (Å²) in [5, 5.41) is 8.10. The molecule has 3 N–H and O–H groups in total. The molecule has 1 aliphatic heterocycles. The molecule has 0 bridgehead atoms. The van der Waals surface area contributed by atoms with E-state index in [2.05, 4.69) is 30.9 Å². The maximum absolute atomic E-state index is 13.3. The van der Waals surface area contributed by atoms with E-state index in [1.807, 2.05) is 0 Å². The van der Waals surface area contributed by atoms with Gasteiger partial charge in [0.15, 0.2) is 0 Å². The number of amides is 2. The molecule has 3 heterocycles. The Labute approximate surface area is 208 Å². The number of hydrogen-bond acceptors (Lipinski definition) is 7. The summed E-state index contributed by atoms with van der Waals surface area (Å²) in [6.07, 6.45) is 0.999. The zero-order valence-corrected chi connectivity index (χ0v) is 19.4. The van der Waals surface area contributed by atoms with Gasteiger partial charge in [-0.05, 0) is 30.3 Å². The predicted octanol–water partition coefficient (Wildman–Crippen LogP) is 3.49. The van der Waals surface area contributed by atoms with Crippen molar-refractivity contribution in [3.8, 4) is 0 Å². The second-order valence-electron chi connectivity index (χ2n) is 8.00. The first-order valence-electron chi connectivity index (χ1n) is 10.7. The first-order chi connectivity index (χ1) is 17.2. The monoisotopic (exact) mass is 520 g/mol. The first kappa shape index (κ1) is 25.3. The molecule has 0 saturated carbocycles. The topological polar surface area (TPSA) is 118 Å². The van der Waals surface area contributed by atoms with E-state index in [0.717, 1.165) is 6.07 Å². The molecule has 1 atom stereocenters. The SMILES string of the molecule is O=C(N[C@@]1(C(=O)NCc2ccc(Nc3ccc(Cl)cc3C(F)(F)F)cn2)CCOC1)c1cncnc1. The number of ether oxygens (including phenoxy) is 1. The largest absolute Gasteiger partial charge is 0.418 e. The number of rotatable bonds is 7. The summed E-state index contributed by atoms with van der Waals surface area (Å²) < 4.78 is 45.3. The van der Waals surface area contributed by atoms with E-state index in [9.17, 15) is 22.8 Å². The summed E-state index contributed by atoms with van der Waals surface area (Å²) in [7, 11) is 0. The van der Waals surface area contributed by atoms with Crippen LogP contribution in [-0.4, -0.2) is 45.5 Å². The van der Waals surface area contributed by atoms with Crippen molar-refractivity contribution in [3.05, 3.63) is 77.1 Å². The third kappa shape index (κ3) is 5.89. The summed E-state index contributed by atoms with van der Waals surface area (Å²) in [5.41, 5.74) is -1.36. The van der Waals surface area contributed by atoms with Gasteiger partial charge in [-0.1, -0.05) is 11.6 Å². The molecule has 1 aliphatic rings. The number of anilines is 2. The van der Waals surface area contributed by atoms with Gasteiger partial charge in [0.1, 0.15) is 11.9 Å². The number of benzene rings is 1. The number of carbonyl (C=O) groups is 2. The lowest BCUT2D eigenvalue weighted by atomic mass is 9.96. The Morgan fingerprint density at radius 1 is 1.11 bits per heavy atom. The van der Waals surface area contributed by atoms with Crippen LogP contribution in [0.2, 0.25) is 5.02 Å². The van der Waals surface area contributed by atoms with Crippen LogP contribution in [-0.2, 0) is 22.3 Å². The Balaban J connectivity index is 1.39. The molecular weight excluding hydrogens is 501 g/mol. The number of hydrogen-bond donors (Lipinski definition) is 3. The van der Waals surface area contributed by atoms with Crippen molar-refractivity contribution < 1.29 is 27.5 Å². The van der Waals surface area contributed by atoms with Crippen LogP contribution >= 0.6 is 11.6 Å². The third-order valence-electron chi connectivity index (χ3n) is 5.45. The molecule has 0 unspecified atom stereocenters. The number of aromatic nitrogens is 3. The molecule has 188 valence electrons. The number of carbonyl (C=O) groups excluding carboxylic acids is 2. The van der Waals surface area contributed by atoms with Crippen molar-refractivity contribution in [2.45, 2.75) is 24.7 Å². The van der Waals surface area contributed by atoms with Gasteiger partial charge in [0.2, 0.25) is 5.91 Å². The summed E-state index contributed by atoms with van der Waals surface area (Å²) >= 11 is 5.71. The molecule has 9 nitrogen and oxygen atoms in total. The van der Waals surface area contributed by atoms with Gasteiger partial charge in [-0.3, -0.25) is 14.6 Å². The lowest BCUT2D eigenvalue weighted by Gasteiger charge is -2.27.